The monoisotopic (exact) mass is 321 g/mol. The van der Waals surface area contributed by atoms with Gasteiger partial charge in [-0.25, -0.2) is 0 Å². The average molecular weight is 321 g/mol. The minimum atomic E-state index is 0.183. The Morgan fingerprint density at radius 2 is 1.61 bits per heavy atom. The maximum atomic E-state index is 5.72. The van der Waals surface area contributed by atoms with Gasteiger partial charge in [0.2, 0.25) is 17.8 Å². The highest BCUT2D eigenvalue weighted by atomic mass is 15.2. The maximum absolute atomic E-state index is 5.72. The van der Waals surface area contributed by atoms with E-state index in [2.05, 4.69) is 58.6 Å². The molecular weight excluding hydrogens is 290 g/mol. The summed E-state index contributed by atoms with van der Waals surface area (Å²) in [4.78, 5) is 12.5. The van der Waals surface area contributed by atoms with Gasteiger partial charge in [0, 0.05) is 24.2 Å². The average Bonchev–Trinajstić information content (AvgIpc) is 2.34. The van der Waals surface area contributed by atoms with E-state index in [-0.39, 0.29) is 17.0 Å². The number of aromatic nitrogens is 3. The predicted molar refractivity (Wildman–Crippen MR) is 95.5 cm³/mol. The molecule has 0 atom stereocenters. The number of nitrogens with one attached hydrogen (secondary N) is 3. The Morgan fingerprint density at radius 3 is 2.17 bits per heavy atom. The summed E-state index contributed by atoms with van der Waals surface area (Å²) < 4.78 is 0. The first-order valence-corrected chi connectivity index (χ1v) is 8.48. The van der Waals surface area contributed by atoms with Crippen molar-refractivity contribution >= 4 is 17.8 Å². The lowest BCUT2D eigenvalue weighted by Gasteiger charge is -2.46. The summed E-state index contributed by atoms with van der Waals surface area (Å²) in [7, 11) is 0. The zero-order valence-corrected chi connectivity index (χ0v) is 15.0. The minimum Gasteiger partial charge on any atom is -0.368 e. The fourth-order valence-corrected chi connectivity index (χ4v) is 3.83. The molecule has 130 valence electrons. The first-order valence-electron chi connectivity index (χ1n) is 8.48. The molecule has 7 nitrogen and oxygen atoms in total. The Morgan fingerprint density at radius 1 is 1.04 bits per heavy atom. The standard InChI is InChI=1S/C16H31N7/c1-6-18-13-20-12(17)21-14(22-13)19-8-7-11-9-15(2,3)23-16(4,5)10-11/h11,23H,6-10H2,1-5H3,(H4,17,18,19,20,21,22). The Kier molecular flexibility index (Phi) is 5.29. The van der Waals surface area contributed by atoms with E-state index in [0.717, 1.165) is 19.5 Å². The molecule has 1 aromatic rings. The topological polar surface area (TPSA) is 101 Å². The number of hydrogen-bond acceptors (Lipinski definition) is 7. The summed E-state index contributed by atoms with van der Waals surface area (Å²) in [6, 6.07) is 0. The molecule has 0 aromatic carbocycles. The molecule has 1 aromatic heterocycles. The van der Waals surface area contributed by atoms with Crippen molar-refractivity contribution in [2.45, 2.75) is 65.0 Å². The summed E-state index contributed by atoms with van der Waals surface area (Å²) in [5.41, 5.74) is 6.09. The first-order chi connectivity index (χ1) is 10.7. The van der Waals surface area contributed by atoms with E-state index in [9.17, 15) is 0 Å². The predicted octanol–water partition coefficient (Wildman–Crippen LogP) is 2.24. The number of rotatable bonds is 6. The molecule has 0 spiro atoms. The zero-order chi connectivity index (χ0) is 17.1. The number of anilines is 3. The summed E-state index contributed by atoms with van der Waals surface area (Å²) in [5.74, 6) is 1.98. The summed E-state index contributed by atoms with van der Waals surface area (Å²) in [5, 5.41) is 10.1. The van der Waals surface area contributed by atoms with Crippen LogP contribution in [0.5, 0.6) is 0 Å². The second kappa shape index (κ2) is 6.86. The molecule has 0 aliphatic carbocycles. The fraction of sp³-hybridized carbons (Fsp3) is 0.812. The highest BCUT2D eigenvalue weighted by Crippen LogP contribution is 2.34. The van der Waals surface area contributed by atoms with Gasteiger partial charge in [0.1, 0.15) is 0 Å². The van der Waals surface area contributed by atoms with Crippen LogP contribution in [0.1, 0.15) is 53.9 Å². The van der Waals surface area contributed by atoms with Crippen molar-refractivity contribution in [3.05, 3.63) is 0 Å². The molecule has 7 heteroatoms. The number of nitrogens with zero attached hydrogens (tertiary/aromatic N) is 3. The number of piperidine rings is 1. The summed E-state index contributed by atoms with van der Waals surface area (Å²) >= 11 is 0. The van der Waals surface area contributed by atoms with Crippen LogP contribution >= 0.6 is 0 Å². The maximum Gasteiger partial charge on any atom is 0.229 e. The molecule has 2 heterocycles. The van der Waals surface area contributed by atoms with Crippen LogP contribution in [0, 0.1) is 5.92 Å². The van der Waals surface area contributed by atoms with Crippen LogP contribution in [0.25, 0.3) is 0 Å². The van der Waals surface area contributed by atoms with Gasteiger partial charge in [-0.1, -0.05) is 0 Å². The van der Waals surface area contributed by atoms with Gasteiger partial charge in [-0.2, -0.15) is 15.0 Å². The van der Waals surface area contributed by atoms with Crippen molar-refractivity contribution in [3.8, 4) is 0 Å². The van der Waals surface area contributed by atoms with E-state index >= 15 is 0 Å². The lowest BCUT2D eigenvalue weighted by molar-refractivity contribution is 0.125. The van der Waals surface area contributed by atoms with Crippen LogP contribution in [0.2, 0.25) is 0 Å². The third-order valence-corrected chi connectivity index (χ3v) is 4.10. The van der Waals surface area contributed by atoms with E-state index in [4.69, 9.17) is 5.73 Å². The minimum absolute atomic E-state index is 0.183. The SMILES string of the molecule is CCNc1nc(N)nc(NCCC2CC(C)(C)NC(C)(C)C2)n1. The molecule has 2 rings (SSSR count). The van der Waals surface area contributed by atoms with Gasteiger partial charge < -0.3 is 21.7 Å². The van der Waals surface area contributed by atoms with Gasteiger partial charge in [-0.05, 0) is 59.8 Å². The largest absolute Gasteiger partial charge is 0.368 e. The molecular formula is C16H31N7. The van der Waals surface area contributed by atoms with Crippen molar-refractivity contribution in [3.63, 3.8) is 0 Å². The van der Waals surface area contributed by atoms with Gasteiger partial charge >= 0.3 is 0 Å². The quantitative estimate of drug-likeness (QED) is 0.637. The van der Waals surface area contributed by atoms with Crippen LogP contribution in [0.3, 0.4) is 0 Å². The van der Waals surface area contributed by atoms with Crippen LogP contribution in [0.15, 0.2) is 0 Å². The van der Waals surface area contributed by atoms with E-state index in [1.807, 2.05) is 6.92 Å². The van der Waals surface area contributed by atoms with Gasteiger partial charge in [0.05, 0.1) is 0 Å². The highest BCUT2D eigenvalue weighted by molar-refractivity contribution is 5.39. The Bertz CT molecular complexity index is 511. The molecule has 5 N–H and O–H groups in total. The Hall–Kier alpha value is -1.63. The molecule has 1 fully saturated rings. The highest BCUT2D eigenvalue weighted by Gasteiger charge is 2.37. The van der Waals surface area contributed by atoms with E-state index in [0.29, 0.717) is 17.8 Å². The van der Waals surface area contributed by atoms with Crippen LogP contribution < -0.4 is 21.7 Å². The number of nitrogens with two attached hydrogens (primary N) is 1. The molecule has 0 bridgehead atoms. The lowest BCUT2D eigenvalue weighted by Crippen LogP contribution is -2.57. The van der Waals surface area contributed by atoms with Crippen molar-refractivity contribution in [1.82, 2.24) is 20.3 Å². The van der Waals surface area contributed by atoms with Gasteiger partial charge in [-0.15, -0.1) is 0 Å². The van der Waals surface area contributed by atoms with Crippen LogP contribution in [0.4, 0.5) is 17.8 Å². The van der Waals surface area contributed by atoms with Gasteiger partial charge in [0.15, 0.2) is 0 Å². The van der Waals surface area contributed by atoms with Crippen molar-refractivity contribution < 1.29 is 0 Å². The molecule has 1 aliphatic heterocycles. The number of hydrogen-bond donors (Lipinski definition) is 4. The summed E-state index contributed by atoms with van der Waals surface area (Å²) in [6.07, 6.45) is 3.46. The fourth-order valence-electron chi connectivity index (χ4n) is 3.83. The van der Waals surface area contributed by atoms with Crippen molar-refractivity contribution in [2.24, 2.45) is 5.92 Å². The van der Waals surface area contributed by atoms with Crippen LogP contribution in [-0.2, 0) is 0 Å². The van der Waals surface area contributed by atoms with Crippen LogP contribution in [-0.4, -0.2) is 39.1 Å². The molecule has 0 unspecified atom stereocenters. The third-order valence-electron chi connectivity index (χ3n) is 4.10. The molecule has 0 saturated carbocycles. The molecule has 1 saturated heterocycles. The molecule has 23 heavy (non-hydrogen) atoms. The molecule has 0 amide bonds. The second-order valence-electron chi connectivity index (χ2n) is 7.75. The third kappa shape index (κ3) is 5.49. The smallest absolute Gasteiger partial charge is 0.229 e. The van der Waals surface area contributed by atoms with E-state index in [1.165, 1.54) is 12.8 Å². The summed E-state index contributed by atoms with van der Waals surface area (Å²) in [6.45, 7) is 12.7. The lowest BCUT2D eigenvalue weighted by atomic mass is 9.75. The second-order valence-corrected chi connectivity index (χ2v) is 7.75. The van der Waals surface area contributed by atoms with Gasteiger partial charge in [-0.3, -0.25) is 0 Å². The normalized spacial score (nSPS) is 20.2. The van der Waals surface area contributed by atoms with E-state index in [1.54, 1.807) is 0 Å². The van der Waals surface area contributed by atoms with Crippen molar-refractivity contribution in [2.75, 3.05) is 29.5 Å². The zero-order valence-electron chi connectivity index (χ0n) is 15.0. The van der Waals surface area contributed by atoms with Crippen molar-refractivity contribution in [1.29, 1.82) is 0 Å². The van der Waals surface area contributed by atoms with E-state index < -0.39 is 0 Å². The Labute approximate surface area is 139 Å². The molecule has 0 radical (unpaired) electrons. The van der Waals surface area contributed by atoms with Gasteiger partial charge in [0.25, 0.3) is 0 Å². The first kappa shape index (κ1) is 17.7. The number of nitrogen functional groups attached to an aromatic ring is 1. The Balaban J connectivity index is 1.89. The molecule has 1 aliphatic rings.